The topological polar surface area (TPSA) is 131 Å². The molecule has 0 aliphatic carbocycles. The average Bonchev–Trinajstić information content (AvgIpc) is 3.47. The molecule has 0 aromatic carbocycles. The van der Waals surface area contributed by atoms with Gasteiger partial charge in [-0.25, -0.2) is 13.7 Å². The number of hydrogen-bond donors (Lipinski definition) is 1. The number of aliphatic hydroxyl groups excluding tert-OH is 1. The van der Waals surface area contributed by atoms with Crippen molar-refractivity contribution in [2.24, 2.45) is 0 Å². The number of halogens is 1. The van der Waals surface area contributed by atoms with Crippen molar-refractivity contribution in [1.82, 2.24) is 29.3 Å². The maximum absolute atomic E-state index is 13.2. The molecule has 0 bridgehead atoms. The van der Waals surface area contributed by atoms with Crippen LogP contribution in [0.3, 0.4) is 0 Å². The van der Waals surface area contributed by atoms with E-state index in [2.05, 4.69) is 16.2 Å². The van der Waals surface area contributed by atoms with Crippen LogP contribution in [-0.2, 0) is 17.8 Å². The van der Waals surface area contributed by atoms with Gasteiger partial charge >= 0.3 is 6.09 Å². The third-order valence-electron chi connectivity index (χ3n) is 6.35. The van der Waals surface area contributed by atoms with Gasteiger partial charge in [-0.1, -0.05) is 0 Å². The summed E-state index contributed by atoms with van der Waals surface area (Å²) < 4.78 is 28.2. The van der Waals surface area contributed by atoms with Crippen LogP contribution in [0.1, 0.15) is 49.4 Å². The lowest BCUT2D eigenvalue weighted by Crippen LogP contribution is -2.41. The average molecular weight is 534 g/mol. The zero-order valence-electron chi connectivity index (χ0n) is 22.1. The number of aliphatic hydroxyl groups is 1. The highest BCUT2D eigenvalue weighted by Gasteiger charge is 2.29. The summed E-state index contributed by atoms with van der Waals surface area (Å²) in [5, 5.41) is 29.2. The first-order valence-corrected chi connectivity index (χ1v) is 12.4. The molecule has 0 radical (unpaired) electrons. The van der Waals surface area contributed by atoms with E-state index < -0.39 is 17.5 Å². The summed E-state index contributed by atoms with van der Waals surface area (Å²) in [6.45, 7) is 8.59. The number of carbonyl (C=O) groups is 1. The van der Waals surface area contributed by atoms with E-state index >= 15 is 0 Å². The van der Waals surface area contributed by atoms with Crippen LogP contribution < -0.4 is 4.74 Å². The van der Waals surface area contributed by atoms with Crippen LogP contribution >= 0.6 is 0 Å². The van der Waals surface area contributed by atoms with Gasteiger partial charge in [0.1, 0.15) is 47.0 Å². The lowest BCUT2D eigenvalue weighted by atomic mass is 10.1. The van der Waals surface area contributed by atoms with Gasteiger partial charge in [0.25, 0.3) is 0 Å². The van der Waals surface area contributed by atoms with Crippen molar-refractivity contribution in [2.75, 3.05) is 13.2 Å². The zero-order valence-corrected chi connectivity index (χ0v) is 22.1. The van der Waals surface area contributed by atoms with Crippen LogP contribution in [0.5, 0.6) is 5.75 Å². The second-order valence-corrected chi connectivity index (χ2v) is 10.3. The first kappa shape index (κ1) is 26.1. The van der Waals surface area contributed by atoms with Gasteiger partial charge in [-0.15, -0.1) is 0 Å². The van der Waals surface area contributed by atoms with Gasteiger partial charge in [0.05, 0.1) is 42.6 Å². The molecule has 5 rings (SSSR count). The lowest BCUT2D eigenvalue weighted by Gasteiger charge is -2.30. The number of nitriles is 1. The second kappa shape index (κ2) is 9.99. The highest BCUT2D eigenvalue weighted by Crippen LogP contribution is 2.33. The van der Waals surface area contributed by atoms with Crippen LogP contribution in [0.15, 0.2) is 36.8 Å². The molecule has 12 heteroatoms. The van der Waals surface area contributed by atoms with Crippen LogP contribution in [-0.4, -0.2) is 59.2 Å². The standard InChI is InChI=1S/C27H28FN7O4/c1-16-21-14-33(26(37)39-27(2,3)4)7-8-34(21)32-24(16)17-9-23(25-18(10-29)11-31-35(25)13-17)38-15-22(36)20-6-5-19(28)12-30-20/h5-6,9,11-13,22,36H,7-8,14-15H2,1-4H3. The zero-order chi connectivity index (χ0) is 27.9. The van der Waals surface area contributed by atoms with Crippen LogP contribution in [0, 0.1) is 24.1 Å². The van der Waals surface area contributed by atoms with E-state index in [1.165, 1.54) is 22.8 Å². The molecule has 0 saturated carbocycles. The first-order valence-electron chi connectivity index (χ1n) is 12.4. The highest BCUT2D eigenvalue weighted by molar-refractivity contribution is 5.75. The molecule has 1 amide bonds. The highest BCUT2D eigenvalue weighted by atomic mass is 19.1. The molecule has 1 atom stereocenters. The van der Waals surface area contributed by atoms with Crippen molar-refractivity contribution in [2.45, 2.75) is 52.5 Å². The predicted octanol–water partition coefficient (Wildman–Crippen LogP) is 3.78. The molecular weight excluding hydrogens is 505 g/mol. The van der Waals surface area contributed by atoms with Gasteiger partial charge in [-0.05, 0) is 45.9 Å². The molecule has 4 aromatic heterocycles. The number of nitrogens with zero attached hydrogens (tertiary/aromatic N) is 7. The smallest absolute Gasteiger partial charge is 0.410 e. The Bertz CT molecular complexity index is 1580. The number of rotatable bonds is 5. The Hall–Kier alpha value is -4.50. The van der Waals surface area contributed by atoms with E-state index in [0.29, 0.717) is 47.7 Å². The van der Waals surface area contributed by atoms with Crippen molar-refractivity contribution >= 4 is 11.6 Å². The molecule has 39 heavy (non-hydrogen) atoms. The summed E-state index contributed by atoms with van der Waals surface area (Å²) >= 11 is 0. The summed E-state index contributed by atoms with van der Waals surface area (Å²) in [5.41, 5.74) is 3.55. The van der Waals surface area contributed by atoms with E-state index in [1.807, 2.05) is 32.4 Å². The monoisotopic (exact) mass is 533 g/mol. The Morgan fingerprint density at radius 3 is 2.77 bits per heavy atom. The van der Waals surface area contributed by atoms with Crippen molar-refractivity contribution in [3.8, 4) is 23.1 Å². The summed E-state index contributed by atoms with van der Waals surface area (Å²) in [4.78, 5) is 18.2. The van der Waals surface area contributed by atoms with Gasteiger partial charge in [0.15, 0.2) is 0 Å². The van der Waals surface area contributed by atoms with Gasteiger partial charge in [-0.2, -0.15) is 15.5 Å². The molecule has 1 aliphatic heterocycles. The number of aromatic nitrogens is 5. The minimum absolute atomic E-state index is 0.183. The number of pyridine rings is 2. The van der Waals surface area contributed by atoms with E-state index in [-0.39, 0.29) is 18.4 Å². The fourth-order valence-corrected chi connectivity index (χ4v) is 4.45. The largest absolute Gasteiger partial charge is 0.488 e. The number of ether oxygens (including phenoxy) is 2. The molecule has 1 unspecified atom stereocenters. The SMILES string of the molecule is Cc1c(-c2cc(OCC(O)c3ccc(F)cn3)c3c(C#N)cnn3c2)nn2c1CN(C(=O)OC(C)(C)C)CC2. The molecule has 4 aromatic rings. The van der Waals surface area contributed by atoms with Gasteiger partial charge in [0, 0.05) is 23.9 Å². The number of fused-ring (bicyclic) bond motifs is 2. The molecule has 1 N–H and O–H groups in total. The van der Waals surface area contributed by atoms with Crippen molar-refractivity contribution in [3.05, 3.63) is 65.1 Å². The lowest BCUT2D eigenvalue weighted by molar-refractivity contribution is 0.0194. The van der Waals surface area contributed by atoms with Crippen molar-refractivity contribution in [1.29, 1.82) is 5.26 Å². The van der Waals surface area contributed by atoms with Crippen molar-refractivity contribution < 1.29 is 23.8 Å². The van der Waals surface area contributed by atoms with Crippen LogP contribution in [0.2, 0.25) is 0 Å². The summed E-state index contributed by atoms with van der Waals surface area (Å²) in [6, 6.07) is 6.45. The Morgan fingerprint density at radius 1 is 1.28 bits per heavy atom. The van der Waals surface area contributed by atoms with E-state index in [1.54, 1.807) is 17.2 Å². The molecule has 202 valence electrons. The first-order chi connectivity index (χ1) is 18.5. The normalized spacial score (nSPS) is 14.1. The van der Waals surface area contributed by atoms with E-state index in [9.17, 15) is 19.6 Å². The Balaban J connectivity index is 1.46. The molecule has 0 fully saturated rings. The Morgan fingerprint density at radius 2 is 2.08 bits per heavy atom. The number of amides is 1. The fraction of sp³-hybridized carbons (Fsp3) is 0.370. The number of hydrogen-bond acceptors (Lipinski definition) is 8. The summed E-state index contributed by atoms with van der Waals surface area (Å²) in [7, 11) is 0. The molecule has 0 saturated heterocycles. The van der Waals surface area contributed by atoms with Crippen molar-refractivity contribution in [3.63, 3.8) is 0 Å². The maximum atomic E-state index is 13.2. The Kier molecular flexibility index (Phi) is 6.69. The van der Waals surface area contributed by atoms with Crippen LogP contribution in [0.25, 0.3) is 16.8 Å². The molecular formula is C27H28FN7O4. The molecule has 5 heterocycles. The molecule has 0 spiro atoms. The maximum Gasteiger partial charge on any atom is 0.410 e. The molecule has 1 aliphatic rings. The van der Waals surface area contributed by atoms with Gasteiger partial charge in [-0.3, -0.25) is 9.67 Å². The Labute approximate surface area is 224 Å². The number of carbonyl (C=O) groups excluding carboxylic acids is 1. The fourth-order valence-electron chi connectivity index (χ4n) is 4.45. The van der Waals surface area contributed by atoms with Crippen LogP contribution in [0.4, 0.5) is 9.18 Å². The third kappa shape index (κ3) is 5.26. The second-order valence-electron chi connectivity index (χ2n) is 10.3. The minimum atomic E-state index is -1.12. The summed E-state index contributed by atoms with van der Waals surface area (Å²) in [5.74, 6) is -0.185. The predicted molar refractivity (Wildman–Crippen MR) is 137 cm³/mol. The molecule has 11 nitrogen and oxygen atoms in total. The van der Waals surface area contributed by atoms with E-state index in [0.717, 1.165) is 17.5 Å². The van der Waals surface area contributed by atoms with E-state index in [4.69, 9.17) is 14.6 Å². The van der Waals surface area contributed by atoms with Gasteiger partial charge in [0.2, 0.25) is 0 Å². The third-order valence-corrected chi connectivity index (χ3v) is 6.35. The minimum Gasteiger partial charge on any atom is -0.488 e. The quantitative estimate of drug-likeness (QED) is 0.410. The summed E-state index contributed by atoms with van der Waals surface area (Å²) in [6.07, 6.45) is 2.72. The van der Waals surface area contributed by atoms with Gasteiger partial charge < -0.3 is 19.5 Å².